The quantitative estimate of drug-likeness (QED) is 0.479. The second-order valence-electron chi connectivity index (χ2n) is 6.98. The fourth-order valence-electron chi connectivity index (χ4n) is 3.19. The summed E-state index contributed by atoms with van der Waals surface area (Å²) in [5.41, 5.74) is 4.34. The fourth-order valence-corrected chi connectivity index (χ4v) is 3.43. The van der Waals surface area contributed by atoms with E-state index < -0.39 is 0 Å². The maximum absolute atomic E-state index is 13.2. The van der Waals surface area contributed by atoms with E-state index >= 15 is 0 Å². The monoisotopic (exact) mass is 469 g/mol. The maximum Gasteiger partial charge on any atom is 0.307 e. The van der Waals surface area contributed by atoms with Crippen molar-refractivity contribution in [1.29, 1.82) is 0 Å². The molecular formula is C23H24BrN3O3. The van der Waals surface area contributed by atoms with Crippen molar-refractivity contribution in [3.8, 4) is 5.69 Å². The van der Waals surface area contributed by atoms with E-state index in [2.05, 4.69) is 21.0 Å². The molecule has 3 aromatic rings. The van der Waals surface area contributed by atoms with Gasteiger partial charge in [0.2, 0.25) is 0 Å². The number of hydrogen-bond donors (Lipinski definition) is 0. The molecule has 3 rings (SSSR count). The molecule has 0 aliphatic heterocycles. The number of benzene rings is 2. The average molecular weight is 470 g/mol. The number of aryl methyl sites for hydroxylation is 1. The van der Waals surface area contributed by atoms with E-state index in [0.717, 1.165) is 27.1 Å². The lowest BCUT2D eigenvalue weighted by Gasteiger charge is -2.23. The van der Waals surface area contributed by atoms with Gasteiger partial charge in [0.15, 0.2) is 0 Å². The Kier molecular flexibility index (Phi) is 7.05. The predicted molar refractivity (Wildman–Crippen MR) is 119 cm³/mol. The first-order chi connectivity index (χ1) is 14.4. The summed E-state index contributed by atoms with van der Waals surface area (Å²) in [6.07, 6.45) is 0.146. The Morgan fingerprint density at radius 2 is 1.73 bits per heavy atom. The summed E-state index contributed by atoms with van der Waals surface area (Å²) >= 11 is 3.54. The summed E-state index contributed by atoms with van der Waals surface area (Å²) < 4.78 is 7.55. The Balaban J connectivity index is 1.82. The Bertz CT molecular complexity index is 1030. The lowest BCUT2D eigenvalue weighted by atomic mass is 10.1. The normalized spacial score (nSPS) is 10.7. The van der Waals surface area contributed by atoms with Crippen LogP contribution in [0.3, 0.4) is 0 Å². The van der Waals surface area contributed by atoms with Gasteiger partial charge in [-0.25, -0.2) is 4.68 Å². The first kappa shape index (κ1) is 21.8. The molecule has 0 aliphatic carbocycles. The molecule has 0 aliphatic rings. The Morgan fingerprint density at radius 1 is 1.07 bits per heavy atom. The number of ether oxygens (including phenoxy) is 1. The molecule has 30 heavy (non-hydrogen) atoms. The zero-order chi connectivity index (χ0) is 21.7. The molecule has 1 heterocycles. The van der Waals surface area contributed by atoms with Crippen LogP contribution in [0.25, 0.3) is 5.69 Å². The van der Waals surface area contributed by atoms with Crippen LogP contribution in [-0.2, 0) is 16.1 Å². The highest BCUT2D eigenvalue weighted by atomic mass is 79.9. The van der Waals surface area contributed by atoms with Crippen molar-refractivity contribution < 1.29 is 14.3 Å². The number of halogens is 1. The Morgan fingerprint density at radius 3 is 2.30 bits per heavy atom. The van der Waals surface area contributed by atoms with Crippen molar-refractivity contribution >= 4 is 27.8 Å². The van der Waals surface area contributed by atoms with E-state index in [1.54, 1.807) is 17.0 Å². The van der Waals surface area contributed by atoms with Gasteiger partial charge in [0.1, 0.15) is 0 Å². The molecule has 0 atom stereocenters. The third-order valence-electron chi connectivity index (χ3n) is 4.88. The smallest absolute Gasteiger partial charge is 0.307 e. The van der Waals surface area contributed by atoms with E-state index in [9.17, 15) is 9.59 Å². The minimum absolute atomic E-state index is 0.135. The van der Waals surface area contributed by atoms with Crippen LogP contribution in [0.15, 0.2) is 59.1 Å². The fraction of sp³-hybridized carbons (Fsp3) is 0.261. The van der Waals surface area contributed by atoms with Crippen LogP contribution in [0.4, 0.5) is 0 Å². The zero-order valence-corrected chi connectivity index (χ0v) is 18.8. The summed E-state index contributed by atoms with van der Waals surface area (Å²) in [4.78, 5) is 26.5. The summed E-state index contributed by atoms with van der Waals surface area (Å²) in [5.74, 6) is -0.477. The molecule has 0 spiro atoms. The van der Waals surface area contributed by atoms with Crippen molar-refractivity contribution in [3.63, 3.8) is 0 Å². The minimum Gasteiger partial charge on any atom is -0.469 e. The number of amides is 1. The third kappa shape index (κ3) is 4.97. The SMILES string of the molecule is COC(=O)CCN(Cc1ccccc1)C(=O)c1ccc(-n2nc(C)c(Br)c2C)cc1. The number of esters is 1. The van der Waals surface area contributed by atoms with Gasteiger partial charge in [-0.1, -0.05) is 30.3 Å². The van der Waals surface area contributed by atoms with Crippen LogP contribution < -0.4 is 0 Å². The maximum atomic E-state index is 13.2. The van der Waals surface area contributed by atoms with Crippen LogP contribution in [0.2, 0.25) is 0 Å². The van der Waals surface area contributed by atoms with E-state index in [0.29, 0.717) is 12.1 Å². The third-order valence-corrected chi connectivity index (χ3v) is 6.03. The highest BCUT2D eigenvalue weighted by molar-refractivity contribution is 9.10. The summed E-state index contributed by atoms with van der Waals surface area (Å²) in [7, 11) is 1.35. The minimum atomic E-state index is -0.341. The number of rotatable bonds is 7. The molecule has 0 saturated heterocycles. The van der Waals surface area contributed by atoms with Crippen molar-refractivity contribution in [3.05, 3.63) is 81.6 Å². The van der Waals surface area contributed by atoms with Crippen molar-refractivity contribution in [2.24, 2.45) is 0 Å². The standard InChI is InChI=1S/C23H24BrN3O3/c1-16-22(24)17(2)27(25-16)20-11-9-19(10-12-20)23(29)26(14-13-21(28)30-3)15-18-7-5-4-6-8-18/h4-12H,13-15H2,1-3H3. The van der Waals surface area contributed by atoms with Gasteiger partial charge in [0.05, 0.1) is 35.1 Å². The second kappa shape index (κ2) is 9.71. The van der Waals surface area contributed by atoms with Crippen LogP contribution >= 0.6 is 15.9 Å². The largest absolute Gasteiger partial charge is 0.469 e. The van der Waals surface area contributed by atoms with E-state index in [4.69, 9.17) is 4.74 Å². The van der Waals surface area contributed by atoms with Crippen LogP contribution in [-0.4, -0.2) is 40.2 Å². The van der Waals surface area contributed by atoms with E-state index in [1.807, 2.05) is 61.0 Å². The number of aromatic nitrogens is 2. The summed E-state index contributed by atoms with van der Waals surface area (Å²) in [6, 6.07) is 17.0. The molecule has 156 valence electrons. The number of hydrogen-bond acceptors (Lipinski definition) is 4. The van der Waals surface area contributed by atoms with Gasteiger partial charge in [-0.15, -0.1) is 0 Å². The molecule has 7 heteroatoms. The Hall–Kier alpha value is -2.93. The molecule has 1 amide bonds. The molecule has 0 fully saturated rings. The van der Waals surface area contributed by atoms with Crippen molar-refractivity contribution in [2.75, 3.05) is 13.7 Å². The van der Waals surface area contributed by atoms with E-state index in [1.165, 1.54) is 7.11 Å². The lowest BCUT2D eigenvalue weighted by Crippen LogP contribution is -2.32. The zero-order valence-electron chi connectivity index (χ0n) is 17.3. The molecule has 6 nitrogen and oxygen atoms in total. The predicted octanol–water partition coefficient (Wildman–Crippen LogP) is 4.46. The molecule has 0 bridgehead atoms. The molecule has 0 saturated carbocycles. The molecule has 0 unspecified atom stereocenters. The average Bonchev–Trinajstić information content (AvgIpc) is 3.04. The molecule has 1 aromatic heterocycles. The second-order valence-corrected chi connectivity index (χ2v) is 7.77. The molecular weight excluding hydrogens is 446 g/mol. The van der Waals surface area contributed by atoms with Crippen LogP contribution in [0.1, 0.15) is 33.7 Å². The summed E-state index contributed by atoms with van der Waals surface area (Å²) in [6.45, 7) is 4.63. The van der Waals surface area contributed by atoms with Gasteiger partial charge < -0.3 is 9.64 Å². The number of methoxy groups -OCH3 is 1. The van der Waals surface area contributed by atoms with Crippen molar-refractivity contribution in [2.45, 2.75) is 26.8 Å². The topological polar surface area (TPSA) is 64.4 Å². The van der Waals surface area contributed by atoms with Gasteiger partial charge in [-0.3, -0.25) is 9.59 Å². The highest BCUT2D eigenvalue weighted by Gasteiger charge is 2.18. The Labute approximate surface area is 184 Å². The van der Waals surface area contributed by atoms with Gasteiger partial charge in [0, 0.05) is 18.7 Å². The van der Waals surface area contributed by atoms with Crippen LogP contribution in [0, 0.1) is 13.8 Å². The van der Waals surface area contributed by atoms with Crippen LogP contribution in [0.5, 0.6) is 0 Å². The first-order valence-electron chi connectivity index (χ1n) is 9.63. The summed E-state index contributed by atoms with van der Waals surface area (Å²) in [5, 5.41) is 4.53. The highest BCUT2D eigenvalue weighted by Crippen LogP contribution is 2.23. The molecule has 2 aromatic carbocycles. The van der Waals surface area contributed by atoms with Gasteiger partial charge >= 0.3 is 5.97 Å². The number of nitrogens with zero attached hydrogens (tertiary/aromatic N) is 3. The first-order valence-corrected chi connectivity index (χ1v) is 10.4. The van der Waals surface area contributed by atoms with Crippen molar-refractivity contribution in [1.82, 2.24) is 14.7 Å². The molecule has 0 radical (unpaired) electrons. The number of carbonyl (C=O) groups is 2. The van der Waals surface area contributed by atoms with E-state index in [-0.39, 0.29) is 24.8 Å². The molecule has 0 N–H and O–H groups in total. The lowest BCUT2D eigenvalue weighted by molar-refractivity contribution is -0.140. The van der Waals surface area contributed by atoms with Gasteiger partial charge in [-0.05, 0) is 59.6 Å². The van der Waals surface area contributed by atoms with Gasteiger partial charge in [0.25, 0.3) is 5.91 Å². The number of carbonyl (C=O) groups excluding carboxylic acids is 2. The van der Waals surface area contributed by atoms with Gasteiger partial charge in [-0.2, -0.15) is 5.10 Å².